The maximum absolute atomic E-state index is 12.4. The van der Waals surface area contributed by atoms with Gasteiger partial charge in [-0.2, -0.15) is 0 Å². The number of benzene rings is 1. The van der Waals surface area contributed by atoms with Gasteiger partial charge in [0.15, 0.2) is 5.13 Å². The Balaban J connectivity index is 1.48. The number of aryl methyl sites for hydroxylation is 1. The third kappa shape index (κ3) is 5.23. The molecule has 1 atom stereocenters. The fourth-order valence-electron chi connectivity index (χ4n) is 4.31. The van der Waals surface area contributed by atoms with Crippen molar-refractivity contribution in [1.29, 1.82) is 0 Å². The van der Waals surface area contributed by atoms with Gasteiger partial charge >= 0.3 is 11.8 Å². The monoisotopic (exact) mass is 442 g/mol. The van der Waals surface area contributed by atoms with E-state index in [0.717, 1.165) is 45.6 Å². The zero-order valence-electron chi connectivity index (χ0n) is 18.1. The van der Waals surface area contributed by atoms with Gasteiger partial charge in [-0.15, -0.1) is 11.3 Å². The van der Waals surface area contributed by atoms with Crippen LogP contribution in [0.15, 0.2) is 29.8 Å². The Bertz CT molecular complexity index is 911. The van der Waals surface area contributed by atoms with Crippen LogP contribution in [0.2, 0.25) is 0 Å². The smallest absolute Gasteiger partial charge is 0.315 e. The van der Waals surface area contributed by atoms with Gasteiger partial charge in [0, 0.05) is 63.6 Å². The number of hydrogen-bond acceptors (Lipinski definition) is 7. The number of thiazole rings is 1. The van der Waals surface area contributed by atoms with Crippen LogP contribution >= 0.6 is 11.3 Å². The number of fused-ring (bicyclic) bond motifs is 1. The van der Waals surface area contributed by atoms with Crippen LogP contribution in [0.1, 0.15) is 23.6 Å². The quantitative estimate of drug-likeness (QED) is 0.685. The lowest BCUT2D eigenvalue weighted by Gasteiger charge is -2.39. The van der Waals surface area contributed by atoms with Crippen molar-refractivity contribution in [2.45, 2.75) is 18.9 Å². The number of anilines is 2. The second-order valence-corrected chi connectivity index (χ2v) is 9.16. The standard InChI is InChI=1S/C22H30N6O2S/c1-26-9-11-28(12-10-26)19(15-24-20(29)21(30)25-22-23-7-13-31-22)17-5-6-18-16(14-17)4-3-8-27(18)2/h5-7,13-14,19H,3-4,8-12,15H2,1-2H3,(H,24,29)(H,23,25,30)/t19-/m0/s1. The molecule has 4 rings (SSSR count). The molecule has 0 unspecified atom stereocenters. The van der Waals surface area contributed by atoms with Crippen molar-refractivity contribution in [3.63, 3.8) is 0 Å². The highest BCUT2D eigenvalue weighted by Gasteiger charge is 2.27. The minimum atomic E-state index is -0.681. The first-order valence-corrected chi connectivity index (χ1v) is 11.6. The Morgan fingerprint density at radius 3 is 2.68 bits per heavy atom. The van der Waals surface area contributed by atoms with Crippen LogP contribution in [0.25, 0.3) is 0 Å². The number of likely N-dealkylation sites (N-methyl/N-ethyl adjacent to an activating group) is 1. The van der Waals surface area contributed by atoms with Gasteiger partial charge in [0.2, 0.25) is 0 Å². The molecule has 3 heterocycles. The highest BCUT2D eigenvalue weighted by molar-refractivity contribution is 7.13. The van der Waals surface area contributed by atoms with Gasteiger partial charge in [-0.25, -0.2) is 4.98 Å². The number of nitrogens with zero attached hydrogens (tertiary/aromatic N) is 4. The molecule has 2 aliphatic rings. The molecule has 0 saturated carbocycles. The lowest BCUT2D eigenvalue weighted by atomic mass is 9.95. The Morgan fingerprint density at radius 2 is 1.94 bits per heavy atom. The number of nitrogens with one attached hydrogen (secondary N) is 2. The summed E-state index contributed by atoms with van der Waals surface area (Å²) in [7, 11) is 4.27. The first-order valence-electron chi connectivity index (χ1n) is 10.8. The molecule has 0 aliphatic carbocycles. The number of rotatable bonds is 5. The van der Waals surface area contributed by atoms with Crippen molar-refractivity contribution in [1.82, 2.24) is 20.1 Å². The van der Waals surface area contributed by atoms with E-state index in [2.05, 4.69) is 62.6 Å². The summed E-state index contributed by atoms with van der Waals surface area (Å²) in [6.45, 7) is 5.31. The molecule has 2 aliphatic heterocycles. The highest BCUT2D eigenvalue weighted by atomic mass is 32.1. The van der Waals surface area contributed by atoms with E-state index in [-0.39, 0.29) is 6.04 Å². The summed E-state index contributed by atoms with van der Waals surface area (Å²) in [6.07, 6.45) is 3.82. The van der Waals surface area contributed by atoms with Crippen molar-refractivity contribution in [2.24, 2.45) is 0 Å². The van der Waals surface area contributed by atoms with Gasteiger partial charge in [-0.1, -0.05) is 12.1 Å². The van der Waals surface area contributed by atoms with Gasteiger partial charge in [0.25, 0.3) is 0 Å². The molecule has 2 amide bonds. The number of hydrogen-bond donors (Lipinski definition) is 2. The maximum Gasteiger partial charge on any atom is 0.315 e. The predicted octanol–water partition coefficient (Wildman–Crippen LogP) is 1.57. The van der Waals surface area contributed by atoms with Gasteiger partial charge in [0.05, 0.1) is 6.04 Å². The van der Waals surface area contributed by atoms with E-state index in [1.165, 1.54) is 28.2 Å². The van der Waals surface area contributed by atoms with E-state index < -0.39 is 11.8 Å². The Labute approximate surface area is 187 Å². The molecular weight excluding hydrogens is 412 g/mol. The second-order valence-electron chi connectivity index (χ2n) is 8.27. The van der Waals surface area contributed by atoms with Gasteiger partial charge < -0.3 is 15.1 Å². The van der Waals surface area contributed by atoms with Crippen LogP contribution < -0.4 is 15.5 Å². The van der Waals surface area contributed by atoms with Crippen molar-refractivity contribution in [3.05, 3.63) is 40.9 Å². The van der Waals surface area contributed by atoms with Crippen LogP contribution in [0.4, 0.5) is 10.8 Å². The van der Waals surface area contributed by atoms with E-state index in [9.17, 15) is 9.59 Å². The Morgan fingerprint density at radius 1 is 1.13 bits per heavy atom. The van der Waals surface area contributed by atoms with E-state index >= 15 is 0 Å². The van der Waals surface area contributed by atoms with E-state index in [1.54, 1.807) is 11.6 Å². The molecule has 8 nitrogen and oxygen atoms in total. The molecule has 166 valence electrons. The summed E-state index contributed by atoms with van der Waals surface area (Å²) in [5.41, 5.74) is 3.84. The summed E-state index contributed by atoms with van der Waals surface area (Å²) < 4.78 is 0. The normalized spacial score (nSPS) is 18.3. The number of amides is 2. The largest absolute Gasteiger partial charge is 0.374 e. The first kappa shape index (κ1) is 21.7. The SMILES string of the molecule is CN1CCN([C@@H](CNC(=O)C(=O)Nc2nccs2)c2ccc3c(c2)CCCN3C)CC1. The van der Waals surface area contributed by atoms with Crippen molar-refractivity contribution in [3.8, 4) is 0 Å². The molecule has 31 heavy (non-hydrogen) atoms. The molecule has 0 bridgehead atoms. The van der Waals surface area contributed by atoms with E-state index in [4.69, 9.17) is 0 Å². The molecular formula is C22H30N6O2S. The summed E-state index contributed by atoms with van der Waals surface area (Å²) in [5, 5.41) is 7.58. The van der Waals surface area contributed by atoms with Crippen molar-refractivity contribution < 1.29 is 9.59 Å². The fraction of sp³-hybridized carbons (Fsp3) is 0.500. The summed E-state index contributed by atoms with van der Waals surface area (Å²) in [6, 6.07) is 6.69. The molecule has 0 radical (unpaired) electrons. The zero-order chi connectivity index (χ0) is 21.8. The van der Waals surface area contributed by atoms with Crippen molar-refractivity contribution in [2.75, 3.05) is 63.6 Å². The number of aromatic nitrogens is 1. The third-order valence-corrected chi connectivity index (χ3v) is 6.82. The third-order valence-electron chi connectivity index (χ3n) is 6.13. The van der Waals surface area contributed by atoms with Crippen LogP contribution in [-0.2, 0) is 16.0 Å². The maximum atomic E-state index is 12.4. The topological polar surface area (TPSA) is 80.8 Å². The van der Waals surface area contributed by atoms with Gasteiger partial charge in [0.1, 0.15) is 0 Å². The molecule has 1 aromatic heterocycles. The van der Waals surface area contributed by atoms with E-state index in [1.807, 2.05) is 0 Å². The molecule has 0 spiro atoms. The average Bonchev–Trinajstić information content (AvgIpc) is 3.28. The van der Waals surface area contributed by atoms with E-state index in [0.29, 0.717) is 11.7 Å². The fourth-order valence-corrected chi connectivity index (χ4v) is 4.84. The van der Waals surface area contributed by atoms with Gasteiger partial charge in [-0.3, -0.25) is 19.8 Å². The lowest BCUT2D eigenvalue weighted by Crippen LogP contribution is -2.49. The minimum Gasteiger partial charge on any atom is -0.374 e. The zero-order valence-corrected chi connectivity index (χ0v) is 19.0. The van der Waals surface area contributed by atoms with Crippen LogP contribution in [0.5, 0.6) is 0 Å². The Kier molecular flexibility index (Phi) is 6.84. The van der Waals surface area contributed by atoms with Gasteiger partial charge in [-0.05, 0) is 37.1 Å². The molecule has 1 fully saturated rings. The van der Waals surface area contributed by atoms with Crippen LogP contribution in [-0.4, -0.2) is 80.0 Å². The van der Waals surface area contributed by atoms with Crippen LogP contribution in [0, 0.1) is 0 Å². The molecule has 9 heteroatoms. The van der Waals surface area contributed by atoms with Crippen molar-refractivity contribution >= 4 is 34.0 Å². The molecule has 1 saturated heterocycles. The summed E-state index contributed by atoms with van der Waals surface area (Å²) in [4.78, 5) is 35.7. The second kappa shape index (κ2) is 9.76. The number of piperazine rings is 1. The molecule has 2 aromatic rings. The lowest BCUT2D eigenvalue weighted by molar-refractivity contribution is -0.136. The Hall–Kier alpha value is -2.49. The average molecular weight is 443 g/mol. The number of carbonyl (C=O) groups excluding carboxylic acids is 2. The minimum absolute atomic E-state index is 0.0304. The number of carbonyl (C=O) groups is 2. The predicted molar refractivity (Wildman–Crippen MR) is 124 cm³/mol. The molecule has 2 N–H and O–H groups in total. The highest BCUT2D eigenvalue weighted by Crippen LogP contribution is 2.31. The summed E-state index contributed by atoms with van der Waals surface area (Å²) >= 11 is 1.29. The molecule has 1 aromatic carbocycles. The van der Waals surface area contributed by atoms with Crippen LogP contribution in [0.3, 0.4) is 0 Å². The summed E-state index contributed by atoms with van der Waals surface area (Å²) in [5.74, 6) is -1.31. The first-order chi connectivity index (χ1) is 15.0.